The lowest BCUT2D eigenvalue weighted by atomic mass is 10.4. The van der Waals surface area contributed by atoms with Crippen LogP contribution in [0.15, 0.2) is 11.1 Å². The predicted molar refractivity (Wildman–Crippen MR) is 80.6 cm³/mol. The Balaban J connectivity index is 2.03. The average molecular weight is 344 g/mol. The second-order valence-electron chi connectivity index (χ2n) is 4.69. The van der Waals surface area contributed by atoms with Gasteiger partial charge in [-0.15, -0.1) is 11.3 Å². The van der Waals surface area contributed by atoms with Gasteiger partial charge in [-0.1, -0.05) is 0 Å². The number of aromatic nitrogens is 3. The largest absolute Gasteiger partial charge is 0.477 e. The molecular formula is C12H16N4O4S2. The number of sulfonamides is 1. The van der Waals surface area contributed by atoms with E-state index in [1.807, 2.05) is 0 Å². The number of carboxylic acids is 1. The predicted octanol–water partition coefficient (Wildman–Crippen LogP) is 0.713. The van der Waals surface area contributed by atoms with Crippen LogP contribution in [0.3, 0.4) is 0 Å². The summed E-state index contributed by atoms with van der Waals surface area (Å²) < 4.78 is 28.3. The summed E-state index contributed by atoms with van der Waals surface area (Å²) in [5.74, 6) is -1.02. The van der Waals surface area contributed by atoms with Gasteiger partial charge in [0.05, 0.1) is 22.6 Å². The van der Waals surface area contributed by atoms with Gasteiger partial charge in [0.1, 0.15) is 9.77 Å². The summed E-state index contributed by atoms with van der Waals surface area (Å²) in [5.41, 5.74) is 0.990. The lowest BCUT2D eigenvalue weighted by Crippen LogP contribution is -2.26. The first-order valence-corrected chi connectivity index (χ1v) is 8.70. The topological polar surface area (TPSA) is 114 Å². The number of hydrogen-bond acceptors (Lipinski definition) is 6. The van der Waals surface area contributed by atoms with Gasteiger partial charge in [-0.25, -0.2) is 22.9 Å². The number of nitrogens with one attached hydrogen (secondary N) is 1. The Hall–Kier alpha value is -1.78. The summed E-state index contributed by atoms with van der Waals surface area (Å²) in [4.78, 5) is 15.4. The zero-order valence-electron chi connectivity index (χ0n) is 12.3. The monoisotopic (exact) mass is 344 g/mol. The molecule has 0 saturated heterocycles. The Morgan fingerprint density at radius 2 is 2.14 bits per heavy atom. The van der Waals surface area contributed by atoms with Crippen LogP contribution in [0.2, 0.25) is 0 Å². The van der Waals surface area contributed by atoms with E-state index < -0.39 is 16.0 Å². The summed E-state index contributed by atoms with van der Waals surface area (Å²) in [6, 6.07) is 0. The van der Waals surface area contributed by atoms with E-state index in [1.54, 1.807) is 20.9 Å². The van der Waals surface area contributed by atoms with Gasteiger partial charge in [-0.2, -0.15) is 5.10 Å². The molecule has 0 aliphatic carbocycles. The first-order chi connectivity index (χ1) is 10.2. The molecule has 2 aromatic rings. The fraction of sp³-hybridized carbons (Fsp3) is 0.417. The van der Waals surface area contributed by atoms with Gasteiger partial charge in [-0.05, 0) is 13.8 Å². The molecule has 2 rings (SSSR count). The van der Waals surface area contributed by atoms with Crippen molar-refractivity contribution in [1.82, 2.24) is 19.5 Å². The molecule has 2 N–H and O–H groups in total. The zero-order chi connectivity index (χ0) is 16.5. The molecule has 8 nitrogen and oxygen atoms in total. The maximum atomic E-state index is 12.2. The Labute approximate surface area is 131 Å². The van der Waals surface area contributed by atoms with E-state index in [9.17, 15) is 13.2 Å². The minimum absolute atomic E-state index is 0.136. The van der Waals surface area contributed by atoms with Gasteiger partial charge in [0.15, 0.2) is 0 Å². The highest BCUT2D eigenvalue weighted by Gasteiger charge is 2.20. The first kappa shape index (κ1) is 16.6. The number of aromatic carboxylic acids is 1. The molecule has 0 atom stereocenters. The van der Waals surface area contributed by atoms with E-state index in [4.69, 9.17) is 5.11 Å². The molecule has 120 valence electrons. The molecule has 0 radical (unpaired) electrons. The van der Waals surface area contributed by atoms with Crippen molar-refractivity contribution in [1.29, 1.82) is 0 Å². The van der Waals surface area contributed by atoms with Crippen molar-refractivity contribution < 1.29 is 18.3 Å². The Bertz CT molecular complexity index is 807. The molecule has 22 heavy (non-hydrogen) atoms. The second kappa shape index (κ2) is 6.15. The maximum absolute atomic E-state index is 12.2. The second-order valence-corrected chi connectivity index (χ2v) is 7.51. The highest BCUT2D eigenvalue weighted by molar-refractivity contribution is 7.89. The third kappa shape index (κ3) is 3.34. The number of carboxylic acid groups (broad SMARTS) is 1. The van der Waals surface area contributed by atoms with E-state index in [-0.39, 0.29) is 16.3 Å². The molecule has 10 heteroatoms. The van der Waals surface area contributed by atoms with Crippen LogP contribution in [-0.4, -0.2) is 40.8 Å². The highest BCUT2D eigenvalue weighted by atomic mass is 32.2. The smallest absolute Gasteiger partial charge is 0.347 e. The van der Waals surface area contributed by atoms with Gasteiger partial charge < -0.3 is 5.11 Å². The van der Waals surface area contributed by atoms with E-state index in [0.29, 0.717) is 22.8 Å². The van der Waals surface area contributed by atoms with E-state index in [2.05, 4.69) is 14.8 Å². The molecule has 0 spiro atoms. The van der Waals surface area contributed by atoms with E-state index in [0.717, 1.165) is 11.3 Å². The van der Waals surface area contributed by atoms with Crippen molar-refractivity contribution in [3.05, 3.63) is 27.5 Å². The third-order valence-electron chi connectivity index (χ3n) is 3.15. The van der Waals surface area contributed by atoms with Crippen LogP contribution in [0, 0.1) is 13.8 Å². The standard InChI is InChI=1S/C12H16N4O4S2/c1-7-11(12(17)18)21-10(15-7)4-5-14-22(19,20)9-6-13-16(3)8(9)2/h6,14H,4-5H2,1-3H3,(H,17,18). The summed E-state index contributed by atoms with van der Waals surface area (Å²) >= 11 is 1.06. The highest BCUT2D eigenvalue weighted by Crippen LogP contribution is 2.18. The minimum atomic E-state index is -3.63. The molecule has 0 saturated carbocycles. The third-order valence-corrected chi connectivity index (χ3v) is 5.91. The van der Waals surface area contributed by atoms with Crippen molar-refractivity contribution >= 4 is 27.3 Å². The zero-order valence-corrected chi connectivity index (χ0v) is 14.0. The summed E-state index contributed by atoms with van der Waals surface area (Å²) in [6.45, 7) is 3.43. The van der Waals surface area contributed by atoms with Gasteiger partial charge in [-0.3, -0.25) is 4.68 Å². The first-order valence-electron chi connectivity index (χ1n) is 6.40. The molecule has 2 heterocycles. The summed E-state index contributed by atoms with van der Waals surface area (Å²) in [7, 11) is -1.97. The van der Waals surface area contributed by atoms with Crippen molar-refractivity contribution in [2.45, 2.75) is 25.2 Å². The molecule has 0 amide bonds. The Morgan fingerprint density at radius 3 is 2.64 bits per heavy atom. The van der Waals surface area contributed by atoms with E-state index in [1.165, 1.54) is 10.9 Å². The molecule has 2 aromatic heterocycles. The fourth-order valence-electron chi connectivity index (χ4n) is 1.87. The fourth-order valence-corrected chi connectivity index (χ4v) is 4.01. The number of aryl methyl sites for hydroxylation is 2. The van der Waals surface area contributed by atoms with Crippen LogP contribution < -0.4 is 4.72 Å². The van der Waals surface area contributed by atoms with Crippen LogP contribution in [0.1, 0.15) is 26.1 Å². The SMILES string of the molecule is Cc1nc(CCNS(=O)(=O)c2cnn(C)c2C)sc1C(=O)O. The molecule has 0 aliphatic rings. The molecule has 0 aliphatic heterocycles. The minimum Gasteiger partial charge on any atom is -0.477 e. The molecule has 0 unspecified atom stereocenters. The van der Waals surface area contributed by atoms with E-state index >= 15 is 0 Å². The van der Waals surface area contributed by atoms with Crippen LogP contribution >= 0.6 is 11.3 Å². The average Bonchev–Trinajstić information content (AvgIpc) is 2.94. The number of carbonyl (C=O) groups is 1. The van der Waals surface area contributed by atoms with Crippen LogP contribution in [-0.2, 0) is 23.5 Å². The number of thiazole rings is 1. The maximum Gasteiger partial charge on any atom is 0.347 e. The normalized spacial score (nSPS) is 11.8. The van der Waals surface area contributed by atoms with Crippen LogP contribution in [0.25, 0.3) is 0 Å². The number of hydrogen-bond donors (Lipinski definition) is 2. The Kier molecular flexibility index (Phi) is 4.63. The summed E-state index contributed by atoms with van der Waals surface area (Å²) in [5, 5.41) is 13.5. The number of rotatable bonds is 6. The lowest BCUT2D eigenvalue weighted by molar-refractivity contribution is 0.0701. The van der Waals surface area contributed by atoms with Crippen molar-refractivity contribution in [2.24, 2.45) is 7.05 Å². The van der Waals surface area contributed by atoms with Crippen molar-refractivity contribution in [3.8, 4) is 0 Å². The quantitative estimate of drug-likeness (QED) is 0.798. The van der Waals surface area contributed by atoms with Crippen molar-refractivity contribution in [2.75, 3.05) is 6.54 Å². The van der Waals surface area contributed by atoms with Crippen LogP contribution in [0.5, 0.6) is 0 Å². The van der Waals surface area contributed by atoms with Gasteiger partial charge in [0, 0.05) is 20.0 Å². The number of nitrogens with zero attached hydrogens (tertiary/aromatic N) is 3. The van der Waals surface area contributed by atoms with Gasteiger partial charge in [0.2, 0.25) is 10.0 Å². The molecule has 0 aromatic carbocycles. The molecule has 0 bridgehead atoms. The molecular weight excluding hydrogens is 328 g/mol. The van der Waals surface area contributed by atoms with Gasteiger partial charge in [0.25, 0.3) is 0 Å². The van der Waals surface area contributed by atoms with Crippen molar-refractivity contribution in [3.63, 3.8) is 0 Å². The molecule has 0 fully saturated rings. The Morgan fingerprint density at radius 1 is 1.45 bits per heavy atom. The van der Waals surface area contributed by atoms with Gasteiger partial charge >= 0.3 is 5.97 Å². The lowest BCUT2D eigenvalue weighted by Gasteiger charge is -2.05. The summed E-state index contributed by atoms with van der Waals surface area (Å²) in [6.07, 6.45) is 1.63. The van der Waals surface area contributed by atoms with Crippen LogP contribution in [0.4, 0.5) is 0 Å².